The van der Waals surface area contributed by atoms with Crippen LogP contribution in [0.3, 0.4) is 0 Å². The van der Waals surface area contributed by atoms with Crippen LogP contribution in [0.1, 0.15) is 32.3 Å². The quantitative estimate of drug-likeness (QED) is 0.893. The van der Waals surface area contributed by atoms with E-state index in [0.29, 0.717) is 12.5 Å². The highest BCUT2D eigenvalue weighted by atomic mass is 19.1. The minimum Gasteiger partial charge on any atom is -0.311 e. The fourth-order valence-electron chi connectivity index (χ4n) is 2.91. The Morgan fingerprint density at radius 2 is 1.85 bits per heavy atom. The Hall–Kier alpha value is -1.00. The number of nitrogens with zero attached hydrogens (tertiary/aromatic N) is 1. The molecule has 1 aromatic carbocycles. The molecule has 0 spiro atoms. The van der Waals surface area contributed by atoms with Crippen molar-refractivity contribution >= 4 is 0 Å². The molecular formula is C16H24F2N2. The summed E-state index contributed by atoms with van der Waals surface area (Å²) in [5, 5.41) is 3.51. The molecule has 0 aliphatic carbocycles. The topological polar surface area (TPSA) is 15.3 Å². The lowest BCUT2D eigenvalue weighted by molar-refractivity contribution is 0.199. The Morgan fingerprint density at radius 3 is 2.40 bits per heavy atom. The van der Waals surface area contributed by atoms with Gasteiger partial charge >= 0.3 is 0 Å². The average molecular weight is 282 g/mol. The highest BCUT2D eigenvalue weighted by Gasteiger charge is 2.20. The van der Waals surface area contributed by atoms with Crippen molar-refractivity contribution in [3.8, 4) is 0 Å². The maximum Gasteiger partial charge on any atom is 0.129 e. The molecule has 112 valence electrons. The number of hydrogen-bond acceptors (Lipinski definition) is 2. The van der Waals surface area contributed by atoms with E-state index in [4.69, 9.17) is 0 Å². The van der Waals surface area contributed by atoms with Gasteiger partial charge in [-0.25, -0.2) is 8.78 Å². The number of halogens is 2. The van der Waals surface area contributed by atoms with E-state index in [0.717, 1.165) is 32.5 Å². The maximum absolute atomic E-state index is 13.6. The molecule has 4 heteroatoms. The molecule has 0 saturated carbocycles. The number of nitrogens with one attached hydrogen (secondary N) is 1. The SMILES string of the molecule is CCN1CCC(NC(C)Cc2c(F)cccc2F)CC1. The summed E-state index contributed by atoms with van der Waals surface area (Å²) in [4.78, 5) is 2.43. The van der Waals surface area contributed by atoms with Crippen molar-refractivity contribution in [2.75, 3.05) is 19.6 Å². The second kappa shape index (κ2) is 7.14. The van der Waals surface area contributed by atoms with Crippen LogP contribution in [0.15, 0.2) is 18.2 Å². The summed E-state index contributed by atoms with van der Waals surface area (Å²) in [6.45, 7) is 7.49. The van der Waals surface area contributed by atoms with E-state index in [1.165, 1.54) is 18.2 Å². The summed E-state index contributed by atoms with van der Waals surface area (Å²) in [7, 11) is 0. The van der Waals surface area contributed by atoms with Crippen LogP contribution >= 0.6 is 0 Å². The first kappa shape index (κ1) is 15.4. The Morgan fingerprint density at radius 1 is 1.25 bits per heavy atom. The summed E-state index contributed by atoms with van der Waals surface area (Å²) in [6.07, 6.45) is 2.61. The first-order valence-corrected chi connectivity index (χ1v) is 7.51. The van der Waals surface area contributed by atoms with Crippen LogP contribution in [0.4, 0.5) is 8.78 Å². The van der Waals surface area contributed by atoms with E-state index in [1.807, 2.05) is 6.92 Å². The number of rotatable bonds is 5. The summed E-state index contributed by atoms with van der Waals surface area (Å²) in [5.41, 5.74) is 0.193. The van der Waals surface area contributed by atoms with E-state index in [1.54, 1.807) is 0 Å². The number of piperidine rings is 1. The number of benzene rings is 1. The number of hydrogen-bond donors (Lipinski definition) is 1. The molecule has 0 amide bonds. The van der Waals surface area contributed by atoms with Gasteiger partial charge in [-0.1, -0.05) is 13.0 Å². The zero-order chi connectivity index (χ0) is 14.5. The van der Waals surface area contributed by atoms with Crippen LogP contribution in [-0.4, -0.2) is 36.6 Å². The molecule has 0 bridgehead atoms. The lowest BCUT2D eigenvalue weighted by atomic mass is 10.0. The van der Waals surface area contributed by atoms with Gasteiger partial charge in [0.15, 0.2) is 0 Å². The van der Waals surface area contributed by atoms with Gasteiger partial charge in [0, 0.05) is 17.6 Å². The second-order valence-corrected chi connectivity index (χ2v) is 5.68. The Kier molecular flexibility index (Phi) is 5.49. The third-order valence-electron chi connectivity index (χ3n) is 4.13. The Bertz CT molecular complexity index is 408. The van der Waals surface area contributed by atoms with Gasteiger partial charge in [-0.3, -0.25) is 0 Å². The van der Waals surface area contributed by atoms with Gasteiger partial charge in [-0.15, -0.1) is 0 Å². The highest BCUT2D eigenvalue weighted by molar-refractivity contribution is 5.20. The van der Waals surface area contributed by atoms with Gasteiger partial charge in [0.05, 0.1) is 0 Å². The van der Waals surface area contributed by atoms with E-state index >= 15 is 0 Å². The van der Waals surface area contributed by atoms with E-state index in [2.05, 4.69) is 17.1 Å². The molecule has 1 heterocycles. The fourth-order valence-corrected chi connectivity index (χ4v) is 2.91. The lowest BCUT2D eigenvalue weighted by Crippen LogP contribution is -2.46. The van der Waals surface area contributed by atoms with Crippen LogP contribution in [-0.2, 0) is 6.42 Å². The van der Waals surface area contributed by atoms with Gasteiger partial charge in [-0.2, -0.15) is 0 Å². The molecule has 1 fully saturated rings. The zero-order valence-electron chi connectivity index (χ0n) is 12.3. The van der Waals surface area contributed by atoms with Crippen LogP contribution in [0.25, 0.3) is 0 Å². The van der Waals surface area contributed by atoms with Gasteiger partial charge in [0.2, 0.25) is 0 Å². The maximum atomic E-state index is 13.6. The smallest absolute Gasteiger partial charge is 0.129 e. The average Bonchev–Trinajstić information content (AvgIpc) is 2.44. The Labute approximate surface area is 120 Å². The summed E-state index contributed by atoms with van der Waals surface area (Å²) in [6, 6.07) is 4.60. The normalized spacial score (nSPS) is 19.2. The minimum absolute atomic E-state index is 0.0829. The molecule has 1 aliphatic heterocycles. The molecule has 2 nitrogen and oxygen atoms in total. The van der Waals surface area contributed by atoms with Crippen molar-refractivity contribution in [3.63, 3.8) is 0 Å². The van der Waals surface area contributed by atoms with E-state index < -0.39 is 11.6 Å². The van der Waals surface area contributed by atoms with Crippen LogP contribution in [0.2, 0.25) is 0 Å². The van der Waals surface area contributed by atoms with Gasteiger partial charge in [0.25, 0.3) is 0 Å². The van der Waals surface area contributed by atoms with Crippen molar-refractivity contribution in [2.24, 2.45) is 0 Å². The molecule has 2 rings (SSSR count). The molecule has 1 N–H and O–H groups in total. The third-order valence-corrected chi connectivity index (χ3v) is 4.13. The van der Waals surface area contributed by atoms with Gasteiger partial charge in [0.1, 0.15) is 11.6 Å². The van der Waals surface area contributed by atoms with Crippen molar-refractivity contribution in [3.05, 3.63) is 35.4 Å². The Balaban J connectivity index is 1.85. The standard InChI is InChI=1S/C16H24F2N2/c1-3-20-9-7-13(8-10-20)19-12(2)11-14-15(17)5-4-6-16(14)18/h4-6,12-13,19H,3,7-11H2,1-2H3. The fraction of sp³-hybridized carbons (Fsp3) is 0.625. The predicted molar refractivity (Wildman–Crippen MR) is 77.8 cm³/mol. The molecular weight excluding hydrogens is 258 g/mol. The molecule has 20 heavy (non-hydrogen) atoms. The summed E-state index contributed by atoms with van der Waals surface area (Å²) in [5.74, 6) is -0.890. The van der Waals surface area contributed by atoms with Crippen molar-refractivity contribution < 1.29 is 8.78 Å². The first-order valence-electron chi connectivity index (χ1n) is 7.51. The molecule has 1 atom stereocenters. The van der Waals surface area contributed by atoms with E-state index in [-0.39, 0.29) is 11.6 Å². The van der Waals surface area contributed by atoms with Crippen molar-refractivity contribution in [1.82, 2.24) is 10.2 Å². The molecule has 0 aromatic heterocycles. The predicted octanol–water partition coefficient (Wildman–Crippen LogP) is 2.97. The first-order chi connectivity index (χ1) is 9.60. The van der Waals surface area contributed by atoms with Crippen LogP contribution in [0.5, 0.6) is 0 Å². The van der Waals surface area contributed by atoms with Crippen LogP contribution < -0.4 is 5.32 Å². The number of likely N-dealkylation sites (tertiary alicyclic amines) is 1. The van der Waals surface area contributed by atoms with E-state index in [9.17, 15) is 8.78 Å². The molecule has 0 radical (unpaired) electrons. The monoisotopic (exact) mass is 282 g/mol. The van der Waals surface area contributed by atoms with Gasteiger partial charge in [-0.05, 0) is 58.0 Å². The molecule has 1 saturated heterocycles. The second-order valence-electron chi connectivity index (χ2n) is 5.68. The van der Waals surface area contributed by atoms with Crippen LogP contribution in [0, 0.1) is 11.6 Å². The van der Waals surface area contributed by atoms with Gasteiger partial charge < -0.3 is 10.2 Å². The van der Waals surface area contributed by atoms with Crippen molar-refractivity contribution in [1.29, 1.82) is 0 Å². The summed E-state index contributed by atoms with van der Waals surface area (Å²) >= 11 is 0. The van der Waals surface area contributed by atoms with Crippen molar-refractivity contribution in [2.45, 2.75) is 45.2 Å². The summed E-state index contributed by atoms with van der Waals surface area (Å²) < 4.78 is 27.2. The largest absolute Gasteiger partial charge is 0.311 e. The highest BCUT2D eigenvalue weighted by Crippen LogP contribution is 2.16. The molecule has 1 aromatic rings. The zero-order valence-corrected chi connectivity index (χ0v) is 12.3. The third kappa shape index (κ3) is 4.00. The minimum atomic E-state index is -0.445. The molecule has 1 unspecified atom stereocenters. The molecule has 1 aliphatic rings. The lowest BCUT2D eigenvalue weighted by Gasteiger charge is -2.33.